The number of nitrogens with zero attached hydrogens (tertiary/aromatic N) is 5. The molecule has 0 radical (unpaired) electrons. The number of aromatic nitrogens is 4. The molecule has 0 saturated carbocycles. The second-order valence-corrected chi connectivity index (χ2v) is 8.77. The Morgan fingerprint density at radius 1 is 1.33 bits per heavy atom. The maximum atomic E-state index is 12.9. The van der Waals surface area contributed by atoms with Gasteiger partial charge in [-0.3, -0.25) is 14.4 Å². The van der Waals surface area contributed by atoms with Crippen LogP contribution in [0, 0.1) is 6.92 Å². The Hall–Kier alpha value is -3.57. The van der Waals surface area contributed by atoms with Crippen LogP contribution in [0.1, 0.15) is 30.3 Å². The van der Waals surface area contributed by atoms with E-state index in [-0.39, 0.29) is 23.4 Å². The number of ether oxygens (including phenoxy) is 2. The molecule has 1 aromatic heterocycles. The van der Waals surface area contributed by atoms with Crippen LogP contribution in [0.15, 0.2) is 33.9 Å². The molecule has 1 unspecified atom stereocenters. The molecule has 1 atom stereocenters. The largest absolute Gasteiger partial charge is 0.488 e. The SMILES string of the molecule is CCOc1c(NCCC2CN(C(=O)/C=C/c3ccc(Cl)cc3Cn3nnc(C)n3)CCO2)c(=O)c1=O. The summed E-state index contributed by atoms with van der Waals surface area (Å²) in [6.07, 6.45) is 3.65. The van der Waals surface area contributed by atoms with Crippen molar-refractivity contribution in [1.29, 1.82) is 0 Å². The molecule has 4 rings (SSSR count). The highest BCUT2D eigenvalue weighted by Crippen LogP contribution is 2.20. The predicted molar refractivity (Wildman–Crippen MR) is 134 cm³/mol. The van der Waals surface area contributed by atoms with Crippen molar-refractivity contribution in [3.63, 3.8) is 0 Å². The topological polar surface area (TPSA) is 129 Å². The number of aryl methyl sites for hydroxylation is 1. The minimum Gasteiger partial charge on any atom is -0.488 e. The molecule has 0 bridgehead atoms. The first kappa shape index (κ1) is 25.5. The Balaban J connectivity index is 1.33. The normalized spacial score (nSPS) is 16.1. The van der Waals surface area contributed by atoms with Gasteiger partial charge in [-0.15, -0.1) is 10.2 Å². The first-order valence-electron chi connectivity index (χ1n) is 11.7. The van der Waals surface area contributed by atoms with Crippen LogP contribution in [0.4, 0.5) is 5.69 Å². The fraction of sp³-hybridized carbons (Fsp3) is 0.417. The maximum absolute atomic E-state index is 12.9. The van der Waals surface area contributed by atoms with Crippen molar-refractivity contribution in [1.82, 2.24) is 25.1 Å². The van der Waals surface area contributed by atoms with E-state index in [1.165, 1.54) is 10.9 Å². The van der Waals surface area contributed by atoms with E-state index in [4.69, 9.17) is 21.1 Å². The van der Waals surface area contributed by atoms with Crippen molar-refractivity contribution in [3.8, 4) is 5.75 Å². The third-order valence-corrected chi connectivity index (χ3v) is 5.98. The Morgan fingerprint density at radius 2 is 2.17 bits per heavy atom. The fourth-order valence-electron chi connectivity index (χ4n) is 3.95. The summed E-state index contributed by atoms with van der Waals surface area (Å²) in [7, 11) is 0. The van der Waals surface area contributed by atoms with Crippen LogP contribution in [0.2, 0.25) is 5.02 Å². The minimum absolute atomic E-state index is 0.0882. The van der Waals surface area contributed by atoms with Crippen LogP contribution in [0.25, 0.3) is 6.08 Å². The van der Waals surface area contributed by atoms with Crippen molar-refractivity contribution >= 4 is 29.3 Å². The Kier molecular flexibility index (Phi) is 8.11. The van der Waals surface area contributed by atoms with Gasteiger partial charge in [-0.25, -0.2) is 0 Å². The van der Waals surface area contributed by atoms with Crippen LogP contribution < -0.4 is 20.9 Å². The number of hydrogen-bond acceptors (Lipinski definition) is 9. The van der Waals surface area contributed by atoms with Gasteiger partial charge in [0.25, 0.3) is 10.9 Å². The molecule has 0 spiro atoms. The maximum Gasteiger partial charge on any atom is 0.272 e. The summed E-state index contributed by atoms with van der Waals surface area (Å²) in [5.41, 5.74) is 0.729. The molecule has 190 valence electrons. The Morgan fingerprint density at radius 3 is 2.92 bits per heavy atom. The van der Waals surface area contributed by atoms with Gasteiger partial charge in [-0.2, -0.15) is 4.80 Å². The summed E-state index contributed by atoms with van der Waals surface area (Å²) < 4.78 is 11.0. The lowest BCUT2D eigenvalue weighted by molar-refractivity contribution is -0.133. The van der Waals surface area contributed by atoms with Crippen molar-refractivity contribution in [3.05, 3.63) is 66.7 Å². The number of morpholine rings is 1. The van der Waals surface area contributed by atoms with E-state index >= 15 is 0 Å². The number of benzene rings is 1. The number of rotatable bonds is 10. The average Bonchev–Trinajstić information content (AvgIpc) is 3.29. The van der Waals surface area contributed by atoms with Crippen molar-refractivity contribution in [2.24, 2.45) is 0 Å². The Labute approximate surface area is 212 Å². The monoisotopic (exact) mass is 514 g/mol. The molecule has 1 aliphatic rings. The Bertz CT molecular complexity index is 1330. The molecule has 0 aliphatic carbocycles. The number of halogens is 1. The van der Waals surface area contributed by atoms with Crippen LogP contribution in [0.3, 0.4) is 0 Å². The average molecular weight is 515 g/mol. The zero-order valence-electron chi connectivity index (χ0n) is 20.1. The van der Waals surface area contributed by atoms with E-state index in [1.807, 2.05) is 12.1 Å². The van der Waals surface area contributed by atoms with Gasteiger partial charge in [0.2, 0.25) is 5.91 Å². The number of amides is 1. The van der Waals surface area contributed by atoms with E-state index in [0.29, 0.717) is 56.7 Å². The van der Waals surface area contributed by atoms with Gasteiger partial charge in [-0.05, 0) is 54.8 Å². The molecule has 11 nitrogen and oxygen atoms in total. The van der Waals surface area contributed by atoms with Gasteiger partial charge in [0.05, 0.1) is 25.9 Å². The van der Waals surface area contributed by atoms with Gasteiger partial charge < -0.3 is 19.7 Å². The molecule has 2 heterocycles. The highest BCUT2D eigenvalue weighted by Gasteiger charge is 2.25. The number of hydrogen-bond donors (Lipinski definition) is 1. The highest BCUT2D eigenvalue weighted by molar-refractivity contribution is 6.30. The first-order chi connectivity index (χ1) is 17.4. The van der Waals surface area contributed by atoms with E-state index in [0.717, 1.165) is 11.1 Å². The molecule has 1 N–H and O–H groups in total. The van der Waals surface area contributed by atoms with Crippen LogP contribution in [-0.4, -0.2) is 70.0 Å². The quantitative estimate of drug-likeness (QED) is 0.315. The lowest BCUT2D eigenvalue weighted by Crippen LogP contribution is -2.45. The summed E-state index contributed by atoms with van der Waals surface area (Å²) in [4.78, 5) is 39.4. The minimum atomic E-state index is -0.603. The summed E-state index contributed by atoms with van der Waals surface area (Å²) in [5.74, 6) is 0.527. The van der Waals surface area contributed by atoms with Crippen molar-refractivity contribution < 1.29 is 14.3 Å². The fourth-order valence-corrected chi connectivity index (χ4v) is 4.14. The number of carbonyl (C=O) groups is 1. The summed E-state index contributed by atoms with van der Waals surface area (Å²) >= 11 is 6.17. The summed E-state index contributed by atoms with van der Waals surface area (Å²) in [5, 5.41) is 15.6. The second-order valence-electron chi connectivity index (χ2n) is 8.33. The van der Waals surface area contributed by atoms with Crippen LogP contribution in [0.5, 0.6) is 5.75 Å². The first-order valence-corrected chi connectivity index (χ1v) is 12.0. The third-order valence-electron chi connectivity index (χ3n) is 5.75. The molecular formula is C24H27ClN6O5. The smallest absolute Gasteiger partial charge is 0.272 e. The molecule has 2 aromatic carbocycles. The molecule has 1 aliphatic heterocycles. The van der Waals surface area contributed by atoms with E-state index in [9.17, 15) is 14.4 Å². The highest BCUT2D eigenvalue weighted by atomic mass is 35.5. The predicted octanol–water partition coefficient (Wildman–Crippen LogP) is 1.42. The van der Waals surface area contributed by atoms with Gasteiger partial charge in [0.1, 0.15) is 5.69 Å². The molecule has 36 heavy (non-hydrogen) atoms. The standard InChI is InChI=1S/C24H27ClN6O5/c1-3-35-24-21(22(33)23(24)34)26-9-8-19-14-30(10-11-36-19)20(32)7-5-16-4-6-18(25)12-17(16)13-31-28-15(2)27-29-31/h4-7,12,19,26H,3,8-11,13-14H2,1-2H3/b7-5+. The lowest BCUT2D eigenvalue weighted by atomic mass is 10.1. The van der Waals surface area contributed by atoms with Crippen LogP contribution in [-0.2, 0) is 16.1 Å². The number of nitrogens with one attached hydrogen (secondary N) is 1. The molecular weight excluding hydrogens is 488 g/mol. The van der Waals surface area contributed by atoms with Crippen LogP contribution >= 0.6 is 11.6 Å². The van der Waals surface area contributed by atoms with Gasteiger partial charge in [0.15, 0.2) is 11.6 Å². The van der Waals surface area contributed by atoms with Gasteiger partial charge in [0, 0.05) is 30.7 Å². The third kappa shape index (κ3) is 5.97. The van der Waals surface area contributed by atoms with E-state index in [1.54, 1.807) is 30.9 Å². The number of anilines is 1. The van der Waals surface area contributed by atoms with E-state index < -0.39 is 10.9 Å². The zero-order valence-corrected chi connectivity index (χ0v) is 20.8. The summed E-state index contributed by atoms with van der Waals surface area (Å²) in [6.45, 7) is 5.92. The summed E-state index contributed by atoms with van der Waals surface area (Å²) in [6, 6.07) is 5.42. The molecule has 12 heteroatoms. The molecule has 1 amide bonds. The van der Waals surface area contributed by atoms with Crippen molar-refractivity contribution in [2.75, 3.05) is 38.2 Å². The van der Waals surface area contributed by atoms with Gasteiger partial charge in [-0.1, -0.05) is 17.7 Å². The second kappa shape index (κ2) is 11.4. The lowest BCUT2D eigenvalue weighted by Gasteiger charge is -2.32. The van der Waals surface area contributed by atoms with Crippen molar-refractivity contribution in [2.45, 2.75) is 32.9 Å². The van der Waals surface area contributed by atoms with E-state index in [2.05, 4.69) is 20.7 Å². The molecule has 1 fully saturated rings. The number of tetrazole rings is 1. The zero-order chi connectivity index (χ0) is 25.7. The number of carbonyl (C=O) groups excluding carboxylic acids is 1. The molecule has 3 aromatic rings. The van der Waals surface area contributed by atoms with Gasteiger partial charge >= 0.3 is 0 Å². The molecule has 1 saturated heterocycles.